The van der Waals surface area contributed by atoms with Gasteiger partial charge in [0.25, 0.3) is 5.91 Å². The van der Waals surface area contributed by atoms with Crippen LogP contribution in [0.2, 0.25) is 0 Å². The first-order chi connectivity index (χ1) is 9.02. The third-order valence-electron chi connectivity index (χ3n) is 3.95. The molecule has 1 aliphatic heterocycles. The molecule has 0 aliphatic carbocycles. The van der Waals surface area contributed by atoms with Crippen LogP contribution in [0.4, 0.5) is 0 Å². The number of hydrogen-bond donors (Lipinski definition) is 2. The van der Waals surface area contributed by atoms with Crippen molar-refractivity contribution >= 4 is 5.91 Å². The van der Waals surface area contributed by atoms with E-state index in [-0.39, 0.29) is 11.7 Å². The molecule has 4 heteroatoms. The zero-order valence-electron chi connectivity index (χ0n) is 11.8. The number of carbonyl (C=O) groups excluding carboxylic acids is 1. The molecule has 19 heavy (non-hydrogen) atoms. The van der Waals surface area contributed by atoms with Gasteiger partial charge in [0.1, 0.15) is 5.75 Å². The first-order valence-corrected chi connectivity index (χ1v) is 6.79. The maximum atomic E-state index is 12.4. The summed E-state index contributed by atoms with van der Waals surface area (Å²) in [5.41, 5.74) is 1.36. The molecule has 1 heterocycles. The Hall–Kier alpha value is -1.55. The van der Waals surface area contributed by atoms with Crippen LogP contribution in [0.25, 0.3) is 0 Å². The van der Waals surface area contributed by atoms with Gasteiger partial charge in [0, 0.05) is 19.1 Å². The second-order valence-corrected chi connectivity index (χ2v) is 5.43. The Kier molecular flexibility index (Phi) is 4.10. The second-order valence-electron chi connectivity index (χ2n) is 5.43. The molecule has 0 spiro atoms. The van der Waals surface area contributed by atoms with Gasteiger partial charge in [0.2, 0.25) is 0 Å². The predicted octanol–water partition coefficient (Wildman–Crippen LogP) is 1.77. The third-order valence-corrected chi connectivity index (χ3v) is 3.95. The van der Waals surface area contributed by atoms with Crippen LogP contribution in [0.1, 0.15) is 29.3 Å². The number of benzene rings is 1. The molecule has 2 N–H and O–H groups in total. The third kappa shape index (κ3) is 2.89. The number of phenolic OH excluding ortho intramolecular Hbond substituents is 1. The van der Waals surface area contributed by atoms with E-state index in [1.165, 1.54) is 0 Å². The van der Waals surface area contributed by atoms with Gasteiger partial charge in [-0.25, -0.2) is 0 Å². The molecule has 0 bridgehead atoms. The number of carbonyl (C=O) groups is 1. The minimum Gasteiger partial charge on any atom is -0.507 e. The van der Waals surface area contributed by atoms with Crippen molar-refractivity contribution in [2.45, 2.75) is 26.3 Å². The number of aromatic hydroxyl groups is 1. The van der Waals surface area contributed by atoms with Gasteiger partial charge >= 0.3 is 0 Å². The average Bonchev–Trinajstić information content (AvgIpc) is 2.38. The first-order valence-electron chi connectivity index (χ1n) is 6.79. The molecule has 2 atom stereocenters. The minimum atomic E-state index is -0.0705. The molecule has 2 rings (SSSR count). The zero-order valence-corrected chi connectivity index (χ0v) is 11.8. The zero-order chi connectivity index (χ0) is 14.0. The highest BCUT2D eigenvalue weighted by Crippen LogP contribution is 2.23. The molecule has 2 unspecified atom stereocenters. The fraction of sp³-hybridized carbons (Fsp3) is 0.533. The maximum absolute atomic E-state index is 12.4. The summed E-state index contributed by atoms with van der Waals surface area (Å²) in [6.07, 6.45) is 0.954. The van der Waals surface area contributed by atoms with Gasteiger partial charge in [-0.15, -0.1) is 0 Å². The lowest BCUT2D eigenvalue weighted by molar-refractivity contribution is 0.0646. The fourth-order valence-electron chi connectivity index (χ4n) is 2.75. The first kappa shape index (κ1) is 13.9. The summed E-state index contributed by atoms with van der Waals surface area (Å²) < 4.78 is 0. The van der Waals surface area contributed by atoms with Crippen molar-refractivity contribution in [3.8, 4) is 5.75 Å². The number of nitrogens with zero attached hydrogens (tertiary/aromatic N) is 1. The monoisotopic (exact) mass is 262 g/mol. The van der Waals surface area contributed by atoms with Gasteiger partial charge in [-0.1, -0.05) is 13.0 Å². The van der Waals surface area contributed by atoms with Gasteiger partial charge in [-0.05, 0) is 44.0 Å². The van der Waals surface area contributed by atoms with Gasteiger partial charge in [0.15, 0.2) is 0 Å². The van der Waals surface area contributed by atoms with Crippen molar-refractivity contribution < 1.29 is 9.90 Å². The SMILES string of the molecule is CNC1CCN(C(=O)c2ccc(C)cc2O)CC1C. The van der Waals surface area contributed by atoms with Crippen molar-refractivity contribution in [2.75, 3.05) is 20.1 Å². The summed E-state index contributed by atoms with van der Waals surface area (Å²) in [5, 5.41) is 13.2. The van der Waals surface area contributed by atoms with E-state index in [0.29, 0.717) is 17.5 Å². The fourth-order valence-corrected chi connectivity index (χ4v) is 2.75. The second kappa shape index (κ2) is 5.61. The molecule has 1 saturated heterocycles. The predicted molar refractivity (Wildman–Crippen MR) is 75.4 cm³/mol. The van der Waals surface area contributed by atoms with Crippen molar-refractivity contribution in [1.82, 2.24) is 10.2 Å². The number of piperidine rings is 1. The highest BCUT2D eigenvalue weighted by molar-refractivity contribution is 5.97. The van der Waals surface area contributed by atoms with Gasteiger partial charge in [0.05, 0.1) is 5.56 Å². The number of likely N-dealkylation sites (tertiary alicyclic amines) is 1. The lowest BCUT2D eigenvalue weighted by Crippen LogP contribution is -2.49. The number of hydrogen-bond acceptors (Lipinski definition) is 3. The topological polar surface area (TPSA) is 52.6 Å². The van der Waals surface area contributed by atoms with Crippen LogP contribution in [0.3, 0.4) is 0 Å². The lowest BCUT2D eigenvalue weighted by Gasteiger charge is -2.36. The number of nitrogens with one attached hydrogen (secondary N) is 1. The van der Waals surface area contributed by atoms with Crippen molar-refractivity contribution in [3.63, 3.8) is 0 Å². The van der Waals surface area contributed by atoms with Gasteiger partial charge in [-0.2, -0.15) is 0 Å². The molecular weight excluding hydrogens is 240 g/mol. The number of aryl methyl sites for hydroxylation is 1. The highest BCUT2D eigenvalue weighted by atomic mass is 16.3. The van der Waals surface area contributed by atoms with E-state index >= 15 is 0 Å². The average molecular weight is 262 g/mol. The molecule has 1 aromatic rings. The molecule has 0 aromatic heterocycles. The Bertz CT molecular complexity index is 473. The standard InChI is InChI=1S/C15H22N2O2/c1-10-4-5-12(14(18)8-10)15(19)17-7-6-13(16-3)11(2)9-17/h4-5,8,11,13,16,18H,6-7,9H2,1-3H3. The molecular formula is C15H22N2O2. The molecule has 104 valence electrons. The van der Waals surface area contributed by atoms with Crippen LogP contribution in [0.5, 0.6) is 5.75 Å². The molecule has 4 nitrogen and oxygen atoms in total. The summed E-state index contributed by atoms with van der Waals surface area (Å²) in [5.74, 6) is 0.433. The largest absolute Gasteiger partial charge is 0.507 e. The maximum Gasteiger partial charge on any atom is 0.257 e. The molecule has 0 radical (unpaired) electrons. The van der Waals surface area contributed by atoms with Crippen LogP contribution in [-0.4, -0.2) is 42.1 Å². The van der Waals surface area contributed by atoms with E-state index in [4.69, 9.17) is 0 Å². The van der Waals surface area contributed by atoms with E-state index in [1.807, 2.05) is 24.9 Å². The lowest BCUT2D eigenvalue weighted by atomic mass is 9.93. The highest BCUT2D eigenvalue weighted by Gasteiger charge is 2.29. The molecule has 1 aliphatic rings. The van der Waals surface area contributed by atoms with Crippen molar-refractivity contribution in [2.24, 2.45) is 5.92 Å². The summed E-state index contributed by atoms with van der Waals surface area (Å²) in [4.78, 5) is 14.3. The molecule has 1 aromatic carbocycles. The van der Waals surface area contributed by atoms with Gasteiger partial charge in [-0.3, -0.25) is 4.79 Å². The van der Waals surface area contributed by atoms with Crippen LogP contribution in [-0.2, 0) is 0 Å². The summed E-state index contributed by atoms with van der Waals surface area (Å²) in [6, 6.07) is 5.67. The van der Waals surface area contributed by atoms with Gasteiger partial charge < -0.3 is 15.3 Å². The van der Waals surface area contributed by atoms with E-state index in [0.717, 1.165) is 25.1 Å². The molecule has 1 amide bonds. The van der Waals surface area contributed by atoms with Crippen molar-refractivity contribution in [3.05, 3.63) is 29.3 Å². The Morgan fingerprint density at radius 1 is 1.47 bits per heavy atom. The van der Waals surface area contributed by atoms with Crippen LogP contribution in [0, 0.1) is 12.8 Å². The Morgan fingerprint density at radius 2 is 2.21 bits per heavy atom. The van der Waals surface area contributed by atoms with Crippen LogP contribution in [0.15, 0.2) is 18.2 Å². The Labute approximate surface area is 114 Å². The quantitative estimate of drug-likeness (QED) is 0.854. The number of phenols is 1. The van der Waals surface area contributed by atoms with E-state index < -0.39 is 0 Å². The summed E-state index contributed by atoms with van der Waals surface area (Å²) in [7, 11) is 1.96. The summed E-state index contributed by atoms with van der Waals surface area (Å²) in [6.45, 7) is 5.52. The van der Waals surface area contributed by atoms with E-state index in [9.17, 15) is 9.90 Å². The van der Waals surface area contributed by atoms with Crippen LogP contribution >= 0.6 is 0 Å². The number of amides is 1. The Morgan fingerprint density at radius 3 is 2.79 bits per heavy atom. The van der Waals surface area contributed by atoms with E-state index in [1.54, 1.807) is 12.1 Å². The number of rotatable bonds is 2. The summed E-state index contributed by atoms with van der Waals surface area (Å²) >= 11 is 0. The van der Waals surface area contributed by atoms with Crippen molar-refractivity contribution in [1.29, 1.82) is 0 Å². The molecule has 0 saturated carbocycles. The Balaban J connectivity index is 2.12. The smallest absolute Gasteiger partial charge is 0.257 e. The van der Waals surface area contributed by atoms with E-state index in [2.05, 4.69) is 12.2 Å². The molecule has 1 fully saturated rings. The van der Waals surface area contributed by atoms with Crippen LogP contribution < -0.4 is 5.32 Å². The minimum absolute atomic E-state index is 0.0705. The normalized spacial score (nSPS) is 23.4.